The lowest BCUT2D eigenvalue weighted by molar-refractivity contribution is 0.669. The predicted octanol–water partition coefficient (Wildman–Crippen LogP) is 5.85. The van der Waals surface area contributed by atoms with E-state index >= 15 is 0 Å². The lowest BCUT2D eigenvalue weighted by Gasteiger charge is -2.06. The van der Waals surface area contributed by atoms with E-state index in [1.54, 1.807) is 0 Å². The maximum Gasteiger partial charge on any atom is 0.135 e. The molecular weight excluding hydrogens is 294 g/mol. The summed E-state index contributed by atoms with van der Waals surface area (Å²) in [6, 6.07) is 22.2. The summed E-state index contributed by atoms with van der Waals surface area (Å²) in [6.45, 7) is 0.762. The van der Waals surface area contributed by atoms with E-state index in [1.807, 2.05) is 54.6 Å². The third kappa shape index (κ3) is 2.42. The van der Waals surface area contributed by atoms with E-state index in [0.717, 1.165) is 39.2 Å². The van der Waals surface area contributed by atoms with Crippen molar-refractivity contribution in [1.82, 2.24) is 0 Å². The van der Waals surface area contributed by atoms with Crippen molar-refractivity contribution in [1.29, 1.82) is 0 Å². The Morgan fingerprint density at radius 2 is 1.59 bits per heavy atom. The summed E-state index contributed by atoms with van der Waals surface area (Å²) in [7, 11) is 0. The van der Waals surface area contributed by atoms with Crippen LogP contribution in [0.2, 0.25) is 5.02 Å². The third-order valence-corrected chi connectivity index (χ3v) is 4.04. The lowest BCUT2D eigenvalue weighted by atomic mass is 10.1. The maximum absolute atomic E-state index is 5.91. The summed E-state index contributed by atoms with van der Waals surface area (Å²) in [5.41, 5.74) is 4.11. The van der Waals surface area contributed by atoms with E-state index in [0.29, 0.717) is 0 Å². The topological polar surface area (TPSA) is 25.2 Å². The zero-order chi connectivity index (χ0) is 14.9. The standard InChI is InChI=1S/C19H14ClNO/c20-14-7-5-13(6-8-14)12-21-15-9-10-19-17(11-15)16-3-1-2-4-18(16)22-19/h1-11,21H,12H2. The number of hydrogen-bond donors (Lipinski definition) is 1. The van der Waals surface area contributed by atoms with Crippen LogP contribution in [-0.2, 0) is 6.54 Å². The predicted molar refractivity (Wildman–Crippen MR) is 92.5 cm³/mol. The quantitative estimate of drug-likeness (QED) is 0.513. The van der Waals surface area contributed by atoms with Gasteiger partial charge in [0.1, 0.15) is 11.2 Å². The van der Waals surface area contributed by atoms with Crippen LogP contribution in [0, 0.1) is 0 Å². The fraction of sp³-hybridized carbons (Fsp3) is 0.0526. The molecule has 0 radical (unpaired) electrons. The largest absolute Gasteiger partial charge is 0.456 e. The molecule has 0 saturated carbocycles. The summed E-state index contributed by atoms with van der Waals surface area (Å²) in [4.78, 5) is 0. The molecule has 0 spiro atoms. The fourth-order valence-electron chi connectivity index (χ4n) is 2.64. The average Bonchev–Trinajstić information content (AvgIpc) is 2.92. The van der Waals surface area contributed by atoms with E-state index < -0.39 is 0 Å². The highest BCUT2D eigenvalue weighted by Crippen LogP contribution is 2.30. The summed E-state index contributed by atoms with van der Waals surface area (Å²) in [5.74, 6) is 0. The van der Waals surface area contributed by atoms with Gasteiger partial charge in [-0.3, -0.25) is 0 Å². The number of nitrogens with one attached hydrogen (secondary N) is 1. The number of para-hydroxylation sites is 1. The highest BCUT2D eigenvalue weighted by molar-refractivity contribution is 6.30. The SMILES string of the molecule is Clc1ccc(CNc2ccc3oc4ccccc4c3c2)cc1. The van der Waals surface area contributed by atoms with Crippen LogP contribution in [0.4, 0.5) is 5.69 Å². The van der Waals surface area contributed by atoms with Crippen molar-refractivity contribution in [3.05, 3.63) is 77.3 Å². The second kappa shape index (κ2) is 5.39. The van der Waals surface area contributed by atoms with Gasteiger partial charge in [-0.05, 0) is 42.0 Å². The molecular formula is C19H14ClNO. The van der Waals surface area contributed by atoms with E-state index in [9.17, 15) is 0 Å². The minimum absolute atomic E-state index is 0.759. The Labute approximate surface area is 133 Å². The van der Waals surface area contributed by atoms with Crippen molar-refractivity contribution in [2.45, 2.75) is 6.54 Å². The molecule has 0 aliphatic rings. The van der Waals surface area contributed by atoms with E-state index in [2.05, 4.69) is 17.4 Å². The smallest absolute Gasteiger partial charge is 0.135 e. The molecule has 108 valence electrons. The van der Waals surface area contributed by atoms with Crippen LogP contribution >= 0.6 is 11.6 Å². The van der Waals surface area contributed by atoms with Crippen LogP contribution in [0.15, 0.2) is 71.1 Å². The van der Waals surface area contributed by atoms with Crippen molar-refractivity contribution in [2.75, 3.05) is 5.32 Å². The van der Waals surface area contributed by atoms with E-state index in [4.69, 9.17) is 16.0 Å². The van der Waals surface area contributed by atoms with Gasteiger partial charge >= 0.3 is 0 Å². The Kier molecular flexibility index (Phi) is 3.24. The van der Waals surface area contributed by atoms with Crippen LogP contribution in [0.1, 0.15) is 5.56 Å². The van der Waals surface area contributed by atoms with Gasteiger partial charge in [0.25, 0.3) is 0 Å². The van der Waals surface area contributed by atoms with E-state index in [1.165, 1.54) is 5.56 Å². The van der Waals surface area contributed by atoms with Gasteiger partial charge in [0.2, 0.25) is 0 Å². The Morgan fingerprint density at radius 3 is 2.45 bits per heavy atom. The Hall–Kier alpha value is -2.45. The maximum atomic E-state index is 5.91. The summed E-state index contributed by atoms with van der Waals surface area (Å²) >= 11 is 5.91. The molecule has 1 aromatic heterocycles. The zero-order valence-electron chi connectivity index (χ0n) is 11.8. The zero-order valence-corrected chi connectivity index (χ0v) is 12.6. The van der Waals surface area contributed by atoms with E-state index in [-0.39, 0.29) is 0 Å². The minimum atomic E-state index is 0.759. The fourth-order valence-corrected chi connectivity index (χ4v) is 2.77. The van der Waals surface area contributed by atoms with Gasteiger partial charge in [0.15, 0.2) is 0 Å². The first-order valence-corrected chi connectivity index (χ1v) is 7.57. The number of fused-ring (bicyclic) bond motifs is 3. The molecule has 0 saturated heterocycles. The molecule has 1 heterocycles. The molecule has 0 bridgehead atoms. The lowest BCUT2D eigenvalue weighted by Crippen LogP contribution is -1.98. The molecule has 4 aromatic rings. The molecule has 3 heteroatoms. The van der Waals surface area contributed by atoms with Gasteiger partial charge in [-0.25, -0.2) is 0 Å². The van der Waals surface area contributed by atoms with Crippen molar-refractivity contribution in [3.63, 3.8) is 0 Å². The number of rotatable bonds is 3. The molecule has 1 N–H and O–H groups in total. The van der Waals surface area contributed by atoms with Crippen molar-refractivity contribution < 1.29 is 4.42 Å². The van der Waals surface area contributed by atoms with Gasteiger partial charge < -0.3 is 9.73 Å². The van der Waals surface area contributed by atoms with Crippen LogP contribution in [0.3, 0.4) is 0 Å². The Morgan fingerprint density at radius 1 is 0.818 bits per heavy atom. The number of benzene rings is 3. The van der Waals surface area contributed by atoms with Crippen LogP contribution < -0.4 is 5.32 Å². The molecule has 0 unspecified atom stereocenters. The Bertz CT molecular complexity index is 941. The number of furan rings is 1. The van der Waals surface area contributed by atoms with Crippen LogP contribution in [0.25, 0.3) is 21.9 Å². The molecule has 0 aliphatic heterocycles. The summed E-state index contributed by atoms with van der Waals surface area (Å²) < 4.78 is 5.84. The third-order valence-electron chi connectivity index (χ3n) is 3.79. The van der Waals surface area contributed by atoms with Gasteiger partial charge in [-0.1, -0.05) is 41.9 Å². The van der Waals surface area contributed by atoms with Crippen molar-refractivity contribution >= 4 is 39.2 Å². The first-order valence-electron chi connectivity index (χ1n) is 7.19. The molecule has 0 amide bonds. The number of halogens is 1. The van der Waals surface area contributed by atoms with Crippen LogP contribution in [-0.4, -0.2) is 0 Å². The summed E-state index contributed by atoms with van der Waals surface area (Å²) in [6.07, 6.45) is 0. The van der Waals surface area contributed by atoms with Gasteiger partial charge in [0, 0.05) is 28.0 Å². The molecule has 0 fully saturated rings. The molecule has 22 heavy (non-hydrogen) atoms. The van der Waals surface area contributed by atoms with Gasteiger partial charge in [-0.15, -0.1) is 0 Å². The van der Waals surface area contributed by atoms with Gasteiger partial charge in [0.05, 0.1) is 0 Å². The number of hydrogen-bond acceptors (Lipinski definition) is 2. The monoisotopic (exact) mass is 307 g/mol. The molecule has 4 rings (SSSR count). The molecule has 2 nitrogen and oxygen atoms in total. The molecule has 3 aromatic carbocycles. The molecule has 0 atom stereocenters. The first kappa shape index (κ1) is 13.2. The normalized spacial score (nSPS) is 11.1. The van der Waals surface area contributed by atoms with Crippen LogP contribution in [0.5, 0.6) is 0 Å². The first-order chi connectivity index (χ1) is 10.8. The average molecular weight is 308 g/mol. The van der Waals surface area contributed by atoms with Gasteiger partial charge in [-0.2, -0.15) is 0 Å². The highest BCUT2D eigenvalue weighted by Gasteiger charge is 2.06. The minimum Gasteiger partial charge on any atom is -0.456 e. The number of anilines is 1. The highest BCUT2D eigenvalue weighted by atomic mass is 35.5. The second-order valence-electron chi connectivity index (χ2n) is 5.29. The molecule has 0 aliphatic carbocycles. The second-order valence-corrected chi connectivity index (χ2v) is 5.73. The van der Waals surface area contributed by atoms with Crippen molar-refractivity contribution in [2.24, 2.45) is 0 Å². The summed E-state index contributed by atoms with van der Waals surface area (Å²) in [5, 5.41) is 6.48. The Balaban J connectivity index is 1.64. The van der Waals surface area contributed by atoms with Crippen molar-refractivity contribution in [3.8, 4) is 0 Å².